The monoisotopic (exact) mass is 207 g/mol. The predicted molar refractivity (Wildman–Crippen MR) is 53.7 cm³/mol. The van der Waals surface area contributed by atoms with Crippen molar-refractivity contribution in [2.75, 3.05) is 11.9 Å². The summed E-state index contributed by atoms with van der Waals surface area (Å²) < 4.78 is 12.5. The first kappa shape index (κ1) is 11.0. The number of anilines is 1. The van der Waals surface area contributed by atoms with Crippen LogP contribution in [0, 0.1) is 17.1 Å². The second kappa shape index (κ2) is 5.60. The summed E-state index contributed by atoms with van der Waals surface area (Å²) in [5, 5.41) is 13.2. The van der Waals surface area contributed by atoms with E-state index in [2.05, 4.69) is 10.6 Å². The number of carbonyl (C=O) groups excluding carboxylic acids is 1. The Kier molecular flexibility index (Phi) is 4.10. The summed E-state index contributed by atoms with van der Waals surface area (Å²) in [7, 11) is 0. The first-order chi connectivity index (χ1) is 7.22. The van der Waals surface area contributed by atoms with Crippen LogP contribution < -0.4 is 10.6 Å². The summed E-state index contributed by atoms with van der Waals surface area (Å²) in [5.74, 6) is -0.356. The fraction of sp³-hybridized carbons (Fsp3) is 0.200. The summed E-state index contributed by atoms with van der Waals surface area (Å²) in [6, 6.07) is 6.92. The van der Waals surface area contributed by atoms with Crippen molar-refractivity contribution >= 4 is 11.7 Å². The quantitative estimate of drug-likeness (QED) is 0.743. The Balaban J connectivity index is 2.38. The minimum Gasteiger partial charge on any atom is -0.337 e. The van der Waals surface area contributed by atoms with Crippen LogP contribution >= 0.6 is 0 Å². The van der Waals surface area contributed by atoms with E-state index in [0.29, 0.717) is 12.2 Å². The Morgan fingerprint density at radius 2 is 2.07 bits per heavy atom. The van der Waals surface area contributed by atoms with Gasteiger partial charge in [-0.1, -0.05) is 0 Å². The van der Waals surface area contributed by atoms with Gasteiger partial charge in [0.1, 0.15) is 5.82 Å². The fourth-order valence-corrected chi connectivity index (χ4v) is 0.940. The number of nitrogens with one attached hydrogen (secondary N) is 2. The van der Waals surface area contributed by atoms with Gasteiger partial charge < -0.3 is 10.6 Å². The average molecular weight is 207 g/mol. The lowest BCUT2D eigenvalue weighted by atomic mass is 10.3. The van der Waals surface area contributed by atoms with Crippen LogP contribution in [0.1, 0.15) is 6.42 Å². The summed E-state index contributed by atoms with van der Waals surface area (Å²) in [6.07, 6.45) is 0.261. The van der Waals surface area contributed by atoms with Crippen molar-refractivity contribution in [1.82, 2.24) is 5.32 Å². The summed E-state index contributed by atoms with van der Waals surface area (Å²) >= 11 is 0. The lowest BCUT2D eigenvalue weighted by Gasteiger charge is -2.05. The second-order valence-electron chi connectivity index (χ2n) is 2.80. The molecule has 78 valence electrons. The van der Waals surface area contributed by atoms with Crippen molar-refractivity contribution in [3.05, 3.63) is 30.1 Å². The second-order valence-corrected chi connectivity index (χ2v) is 2.80. The topological polar surface area (TPSA) is 64.9 Å². The normalized spacial score (nSPS) is 9.07. The van der Waals surface area contributed by atoms with E-state index >= 15 is 0 Å². The van der Waals surface area contributed by atoms with E-state index < -0.39 is 6.03 Å². The van der Waals surface area contributed by atoms with Gasteiger partial charge in [-0.05, 0) is 24.3 Å². The maximum absolute atomic E-state index is 12.5. The summed E-state index contributed by atoms with van der Waals surface area (Å²) in [4.78, 5) is 11.1. The number of rotatable bonds is 3. The molecule has 5 heteroatoms. The Labute approximate surface area is 86.7 Å². The Morgan fingerprint density at radius 3 is 2.67 bits per heavy atom. The molecule has 0 bridgehead atoms. The molecule has 15 heavy (non-hydrogen) atoms. The molecule has 0 saturated carbocycles. The third-order valence-electron chi connectivity index (χ3n) is 1.62. The lowest BCUT2D eigenvalue weighted by Crippen LogP contribution is -2.29. The van der Waals surface area contributed by atoms with Gasteiger partial charge >= 0.3 is 6.03 Å². The van der Waals surface area contributed by atoms with E-state index in [1.165, 1.54) is 24.3 Å². The maximum atomic E-state index is 12.5. The molecule has 1 rings (SSSR count). The molecular formula is C10H10FN3O. The van der Waals surface area contributed by atoms with E-state index in [1.807, 2.05) is 6.07 Å². The van der Waals surface area contributed by atoms with E-state index in [0.717, 1.165) is 0 Å². The average Bonchev–Trinajstić information content (AvgIpc) is 2.22. The van der Waals surface area contributed by atoms with Gasteiger partial charge in [-0.15, -0.1) is 0 Å². The van der Waals surface area contributed by atoms with Crippen molar-refractivity contribution in [3.63, 3.8) is 0 Å². The van der Waals surface area contributed by atoms with Crippen LogP contribution in [0.4, 0.5) is 14.9 Å². The van der Waals surface area contributed by atoms with Gasteiger partial charge in [-0.2, -0.15) is 5.26 Å². The van der Waals surface area contributed by atoms with Crippen LogP contribution in [-0.2, 0) is 0 Å². The van der Waals surface area contributed by atoms with Gasteiger partial charge in [0.15, 0.2) is 0 Å². The molecule has 0 fully saturated rings. The number of hydrogen-bond acceptors (Lipinski definition) is 2. The maximum Gasteiger partial charge on any atom is 0.319 e. The highest BCUT2D eigenvalue weighted by atomic mass is 19.1. The third-order valence-corrected chi connectivity index (χ3v) is 1.62. The SMILES string of the molecule is N#CCCNC(=O)Nc1ccc(F)cc1. The molecule has 0 aliphatic heterocycles. The van der Waals surface area contributed by atoms with Gasteiger partial charge in [-0.3, -0.25) is 0 Å². The lowest BCUT2D eigenvalue weighted by molar-refractivity contribution is 0.252. The van der Waals surface area contributed by atoms with Crippen molar-refractivity contribution < 1.29 is 9.18 Å². The molecule has 0 aliphatic rings. The van der Waals surface area contributed by atoms with Crippen LogP contribution in [0.5, 0.6) is 0 Å². The van der Waals surface area contributed by atoms with Crippen LogP contribution in [0.15, 0.2) is 24.3 Å². The zero-order chi connectivity index (χ0) is 11.1. The highest BCUT2D eigenvalue weighted by Gasteiger charge is 2.00. The van der Waals surface area contributed by atoms with Gasteiger partial charge in [0.05, 0.1) is 12.5 Å². The Bertz CT molecular complexity index is 369. The first-order valence-corrected chi connectivity index (χ1v) is 4.40. The number of nitriles is 1. The molecule has 0 atom stereocenters. The molecule has 4 nitrogen and oxygen atoms in total. The molecule has 2 N–H and O–H groups in total. The number of benzene rings is 1. The Morgan fingerprint density at radius 1 is 1.40 bits per heavy atom. The highest BCUT2D eigenvalue weighted by molar-refractivity contribution is 5.89. The van der Waals surface area contributed by atoms with Crippen molar-refractivity contribution in [2.24, 2.45) is 0 Å². The van der Waals surface area contributed by atoms with E-state index in [1.54, 1.807) is 0 Å². The van der Waals surface area contributed by atoms with Gasteiger partial charge in [0, 0.05) is 12.2 Å². The molecule has 0 aliphatic carbocycles. The van der Waals surface area contributed by atoms with Crippen LogP contribution in [0.2, 0.25) is 0 Å². The van der Waals surface area contributed by atoms with E-state index in [-0.39, 0.29) is 12.2 Å². The predicted octanol–water partition coefficient (Wildman–Crippen LogP) is 1.86. The number of halogens is 1. The van der Waals surface area contributed by atoms with Gasteiger partial charge in [-0.25, -0.2) is 9.18 Å². The minimum atomic E-state index is -0.406. The zero-order valence-corrected chi connectivity index (χ0v) is 7.96. The van der Waals surface area contributed by atoms with Crippen LogP contribution in [0.25, 0.3) is 0 Å². The number of carbonyl (C=O) groups is 1. The molecule has 1 aromatic rings. The van der Waals surface area contributed by atoms with Crippen molar-refractivity contribution in [1.29, 1.82) is 5.26 Å². The van der Waals surface area contributed by atoms with Crippen molar-refractivity contribution in [2.45, 2.75) is 6.42 Å². The number of urea groups is 1. The molecule has 0 unspecified atom stereocenters. The molecule has 0 aromatic heterocycles. The molecule has 2 amide bonds. The summed E-state index contributed by atoms with van der Waals surface area (Å²) in [6.45, 7) is 0.295. The number of amides is 2. The molecule has 0 spiro atoms. The van der Waals surface area contributed by atoms with Crippen LogP contribution in [0.3, 0.4) is 0 Å². The standard InChI is InChI=1S/C10H10FN3O/c11-8-2-4-9(5-3-8)14-10(15)13-7-1-6-12/h2-5H,1,7H2,(H2,13,14,15). The van der Waals surface area contributed by atoms with Gasteiger partial charge in [0.2, 0.25) is 0 Å². The molecular weight excluding hydrogens is 197 g/mol. The van der Waals surface area contributed by atoms with E-state index in [9.17, 15) is 9.18 Å². The summed E-state index contributed by atoms with van der Waals surface area (Å²) in [5.41, 5.74) is 0.505. The minimum absolute atomic E-state index is 0.261. The largest absolute Gasteiger partial charge is 0.337 e. The third kappa shape index (κ3) is 4.09. The molecule has 0 saturated heterocycles. The Hall–Kier alpha value is -2.09. The molecule has 0 radical (unpaired) electrons. The van der Waals surface area contributed by atoms with Crippen LogP contribution in [-0.4, -0.2) is 12.6 Å². The first-order valence-electron chi connectivity index (χ1n) is 4.40. The smallest absolute Gasteiger partial charge is 0.319 e. The van der Waals surface area contributed by atoms with Gasteiger partial charge in [0.25, 0.3) is 0 Å². The van der Waals surface area contributed by atoms with Crippen molar-refractivity contribution in [3.8, 4) is 6.07 Å². The van der Waals surface area contributed by atoms with E-state index in [4.69, 9.17) is 5.26 Å². The number of nitrogens with zero attached hydrogens (tertiary/aromatic N) is 1. The number of hydrogen-bond donors (Lipinski definition) is 2. The molecule has 1 aromatic carbocycles. The molecule has 0 heterocycles. The highest BCUT2D eigenvalue weighted by Crippen LogP contribution is 2.07. The fourth-order valence-electron chi connectivity index (χ4n) is 0.940. The zero-order valence-electron chi connectivity index (χ0n) is 7.96.